The molecule has 4 N–H and O–H groups in total. The number of fused-ring (bicyclic) bond motifs is 1. The lowest BCUT2D eigenvalue weighted by Gasteiger charge is -2.29. The Bertz CT molecular complexity index is 1220. The van der Waals surface area contributed by atoms with Crippen LogP contribution in [0, 0.1) is 0 Å². The Kier molecular flexibility index (Phi) is 6.23. The number of nitrogens with zero attached hydrogens (tertiary/aromatic N) is 4. The van der Waals surface area contributed by atoms with E-state index >= 15 is 0 Å². The van der Waals surface area contributed by atoms with E-state index in [1.165, 1.54) is 12.4 Å². The van der Waals surface area contributed by atoms with Crippen LogP contribution in [-0.4, -0.2) is 49.5 Å². The quantitative estimate of drug-likeness (QED) is 0.380. The molecule has 0 saturated heterocycles. The van der Waals surface area contributed by atoms with Gasteiger partial charge in [0.05, 0.1) is 11.9 Å². The zero-order chi connectivity index (χ0) is 23.7. The number of rotatable bonds is 7. The number of halogens is 1. The molecule has 0 unspecified atom stereocenters. The van der Waals surface area contributed by atoms with Gasteiger partial charge in [-0.3, -0.25) is 9.59 Å². The number of hydrogen-bond acceptors (Lipinski definition) is 7. The number of amides is 2. The monoisotopic (exact) mass is 482 g/mol. The highest BCUT2D eigenvalue weighted by Gasteiger charge is 2.26. The highest BCUT2D eigenvalue weighted by Crippen LogP contribution is 2.30. The van der Waals surface area contributed by atoms with E-state index in [9.17, 15) is 9.59 Å². The van der Waals surface area contributed by atoms with Crippen LogP contribution in [0.5, 0.6) is 0 Å². The lowest BCUT2D eigenvalue weighted by atomic mass is 9.91. The molecule has 178 valence electrons. The molecular formula is C23H27ClN8O2. The van der Waals surface area contributed by atoms with Gasteiger partial charge in [0.1, 0.15) is 11.0 Å². The van der Waals surface area contributed by atoms with E-state index in [2.05, 4.69) is 31.2 Å². The molecule has 2 aliphatic carbocycles. The highest BCUT2D eigenvalue weighted by atomic mass is 35.5. The first-order valence-corrected chi connectivity index (χ1v) is 11.9. The molecule has 2 amide bonds. The Hall–Kier alpha value is -3.40. The van der Waals surface area contributed by atoms with Gasteiger partial charge in [0, 0.05) is 43.0 Å². The Morgan fingerprint density at radius 1 is 1.00 bits per heavy atom. The number of carbonyl (C=O) groups excluding carboxylic acids is 2. The van der Waals surface area contributed by atoms with Crippen molar-refractivity contribution in [2.75, 3.05) is 16.0 Å². The lowest BCUT2D eigenvalue weighted by molar-refractivity contribution is -0.119. The van der Waals surface area contributed by atoms with Gasteiger partial charge in [-0.15, -0.1) is 5.10 Å². The fourth-order valence-electron chi connectivity index (χ4n) is 4.30. The van der Waals surface area contributed by atoms with Crippen molar-refractivity contribution >= 4 is 46.3 Å². The van der Waals surface area contributed by atoms with Crippen LogP contribution in [0.1, 0.15) is 55.9 Å². The second kappa shape index (κ2) is 9.46. The van der Waals surface area contributed by atoms with Crippen molar-refractivity contribution in [1.29, 1.82) is 0 Å². The minimum absolute atomic E-state index is 0.0132. The van der Waals surface area contributed by atoms with Crippen LogP contribution >= 0.6 is 11.6 Å². The van der Waals surface area contributed by atoms with Crippen LogP contribution in [-0.2, 0) is 4.79 Å². The fourth-order valence-corrected chi connectivity index (χ4v) is 4.48. The number of pyridine rings is 1. The summed E-state index contributed by atoms with van der Waals surface area (Å²) in [6.07, 6.45) is 8.97. The second-order valence-corrected chi connectivity index (χ2v) is 9.34. The third-order valence-corrected chi connectivity index (χ3v) is 6.31. The van der Waals surface area contributed by atoms with Crippen LogP contribution in [0.2, 0.25) is 5.15 Å². The summed E-state index contributed by atoms with van der Waals surface area (Å²) in [6.45, 7) is 1.56. The van der Waals surface area contributed by atoms with Crippen LogP contribution in [0.25, 0.3) is 5.65 Å². The molecule has 10 nitrogen and oxygen atoms in total. The number of aromatic nitrogens is 4. The Morgan fingerprint density at radius 3 is 2.41 bits per heavy atom. The molecule has 5 rings (SSSR count). The van der Waals surface area contributed by atoms with Crippen molar-refractivity contribution in [2.24, 2.45) is 0 Å². The van der Waals surface area contributed by atoms with Gasteiger partial charge in [0.15, 0.2) is 11.3 Å². The molecule has 0 aromatic carbocycles. The molecule has 34 heavy (non-hydrogen) atoms. The number of anilines is 3. The van der Waals surface area contributed by atoms with Gasteiger partial charge < -0.3 is 21.3 Å². The molecule has 2 aliphatic rings. The molecule has 0 atom stereocenters. The number of hydrogen-bond donors (Lipinski definition) is 4. The van der Waals surface area contributed by atoms with Crippen LogP contribution in [0.4, 0.5) is 17.2 Å². The SMILES string of the molecule is CC(=O)NC1CCC(Nc2cc(NC3CC3)c3ncc(C(=O)Nc4ccnc(Cl)c4)n3n2)CC1. The minimum Gasteiger partial charge on any atom is -0.379 e. The van der Waals surface area contributed by atoms with Gasteiger partial charge in [-0.1, -0.05) is 11.6 Å². The molecule has 0 radical (unpaired) electrons. The number of nitrogens with one attached hydrogen (secondary N) is 4. The molecular weight excluding hydrogens is 456 g/mol. The van der Waals surface area contributed by atoms with Crippen LogP contribution in [0.3, 0.4) is 0 Å². The van der Waals surface area contributed by atoms with Crippen molar-refractivity contribution in [3.05, 3.63) is 41.4 Å². The van der Waals surface area contributed by atoms with Crippen molar-refractivity contribution in [1.82, 2.24) is 24.9 Å². The largest absolute Gasteiger partial charge is 0.379 e. The van der Waals surface area contributed by atoms with Gasteiger partial charge >= 0.3 is 0 Å². The van der Waals surface area contributed by atoms with E-state index < -0.39 is 0 Å². The molecule has 3 aromatic rings. The summed E-state index contributed by atoms with van der Waals surface area (Å²) < 4.78 is 1.58. The molecule has 2 saturated carbocycles. The highest BCUT2D eigenvalue weighted by molar-refractivity contribution is 6.29. The van der Waals surface area contributed by atoms with Crippen molar-refractivity contribution < 1.29 is 9.59 Å². The average Bonchev–Trinajstić information content (AvgIpc) is 3.50. The minimum atomic E-state index is -0.340. The average molecular weight is 483 g/mol. The summed E-state index contributed by atoms with van der Waals surface area (Å²) in [5.74, 6) is 0.351. The first-order chi connectivity index (χ1) is 16.4. The Balaban J connectivity index is 1.38. The summed E-state index contributed by atoms with van der Waals surface area (Å²) in [7, 11) is 0. The van der Waals surface area contributed by atoms with Crippen molar-refractivity contribution in [3.8, 4) is 0 Å². The van der Waals surface area contributed by atoms with Crippen molar-refractivity contribution in [2.45, 2.75) is 63.6 Å². The predicted molar refractivity (Wildman–Crippen MR) is 130 cm³/mol. The topological polar surface area (TPSA) is 125 Å². The Morgan fingerprint density at radius 2 is 1.71 bits per heavy atom. The van der Waals surface area contributed by atoms with Gasteiger partial charge in [-0.25, -0.2) is 14.5 Å². The second-order valence-electron chi connectivity index (χ2n) is 8.96. The lowest BCUT2D eigenvalue weighted by Crippen LogP contribution is -2.39. The van der Waals surface area contributed by atoms with E-state index in [0.29, 0.717) is 34.0 Å². The maximum Gasteiger partial charge on any atom is 0.276 e. The Labute approximate surface area is 201 Å². The van der Waals surface area contributed by atoms with Gasteiger partial charge in [-0.2, -0.15) is 0 Å². The zero-order valence-corrected chi connectivity index (χ0v) is 19.6. The molecule has 0 aliphatic heterocycles. The maximum absolute atomic E-state index is 13.0. The van der Waals surface area contributed by atoms with Gasteiger partial charge in [0.2, 0.25) is 5.91 Å². The summed E-state index contributed by atoms with van der Waals surface area (Å²) in [5.41, 5.74) is 2.31. The summed E-state index contributed by atoms with van der Waals surface area (Å²) in [5, 5.41) is 17.9. The molecule has 2 fully saturated rings. The van der Waals surface area contributed by atoms with E-state index in [-0.39, 0.29) is 23.9 Å². The smallest absolute Gasteiger partial charge is 0.276 e. The van der Waals surface area contributed by atoms with Gasteiger partial charge in [-0.05, 0) is 50.7 Å². The number of carbonyl (C=O) groups is 2. The summed E-state index contributed by atoms with van der Waals surface area (Å²) in [4.78, 5) is 32.8. The number of imidazole rings is 1. The molecule has 0 spiro atoms. The third-order valence-electron chi connectivity index (χ3n) is 6.11. The third kappa shape index (κ3) is 5.22. The summed E-state index contributed by atoms with van der Waals surface area (Å²) in [6, 6.07) is 6.10. The molecule has 3 aromatic heterocycles. The van der Waals surface area contributed by atoms with Gasteiger partial charge in [0.25, 0.3) is 5.91 Å². The van der Waals surface area contributed by atoms with E-state index in [1.54, 1.807) is 23.6 Å². The van der Waals surface area contributed by atoms with E-state index in [1.807, 2.05) is 6.07 Å². The zero-order valence-electron chi connectivity index (χ0n) is 18.8. The fraction of sp³-hybridized carbons (Fsp3) is 0.435. The van der Waals surface area contributed by atoms with Crippen LogP contribution in [0.15, 0.2) is 30.6 Å². The standard InChI is InChI=1S/C23H27ClN8O2/c1-13(33)27-14-2-6-16(7-3-14)29-21-11-18(28-15-4-5-15)22-26-12-19(32(22)31-21)23(34)30-17-8-9-25-20(24)10-17/h8-12,14-16,28H,2-7H2,1H3,(H,27,33)(H,29,31)(H,25,30,34). The molecule has 11 heteroatoms. The first kappa shape index (κ1) is 22.4. The predicted octanol–water partition coefficient (Wildman–Crippen LogP) is 3.46. The van der Waals surface area contributed by atoms with E-state index in [4.69, 9.17) is 16.7 Å². The molecule has 3 heterocycles. The normalized spacial score (nSPS) is 20.1. The first-order valence-electron chi connectivity index (χ1n) is 11.6. The maximum atomic E-state index is 13.0. The summed E-state index contributed by atoms with van der Waals surface area (Å²) >= 11 is 5.94. The van der Waals surface area contributed by atoms with Crippen molar-refractivity contribution in [3.63, 3.8) is 0 Å². The van der Waals surface area contributed by atoms with Crippen LogP contribution < -0.4 is 21.3 Å². The molecule has 0 bridgehead atoms. The van der Waals surface area contributed by atoms with E-state index in [0.717, 1.165) is 44.2 Å².